The Morgan fingerprint density at radius 2 is 1.13 bits per heavy atom. The highest BCUT2D eigenvalue weighted by Crippen LogP contribution is 2.31. The second-order valence-electron chi connectivity index (χ2n) is 11.1. The zero-order chi connectivity index (χ0) is 46.9. The normalized spacial score (nSPS) is 10.6. The van der Waals surface area contributed by atoms with Crippen LogP contribution >= 0.6 is 23.2 Å². The summed E-state index contributed by atoms with van der Waals surface area (Å²) >= 11 is 12.0. The largest absolute Gasteiger partial charge is 0.467 e. The van der Waals surface area contributed by atoms with Crippen LogP contribution in [-0.4, -0.2) is 74.4 Å². The minimum Gasteiger partial charge on any atom is -0.467 e. The Labute approximate surface area is 374 Å². The second-order valence-corrected chi connectivity index (χ2v) is 15.0. The summed E-state index contributed by atoms with van der Waals surface area (Å²) in [4.78, 5) is 46.6. The van der Waals surface area contributed by atoms with E-state index in [1.165, 1.54) is 32.1 Å². The Morgan fingerprint density at radius 1 is 0.742 bits per heavy atom. The number of primary sulfonamides is 2. The van der Waals surface area contributed by atoms with Crippen LogP contribution in [0.3, 0.4) is 0 Å². The van der Waals surface area contributed by atoms with Crippen molar-refractivity contribution in [2.45, 2.75) is 71.8 Å². The molecular formula is C38H56Cl2N6O14S2. The molecule has 24 heteroatoms. The van der Waals surface area contributed by atoms with Gasteiger partial charge < -0.3 is 49.5 Å². The van der Waals surface area contributed by atoms with Crippen LogP contribution in [0, 0.1) is 0 Å². The molecule has 0 aliphatic heterocycles. The topological polar surface area (TPSA) is 314 Å². The first-order valence-electron chi connectivity index (χ1n) is 18.6. The van der Waals surface area contributed by atoms with Gasteiger partial charge in [-0.2, -0.15) is 0 Å². The van der Waals surface area contributed by atoms with E-state index >= 15 is 0 Å². The zero-order valence-electron chi connectivity index (χ0n) is 34.7. The van der Waals surface area contributed by atoms with E-state index < -0.39 is 67.3 Å². The number of nitrogens with two attached hydrogens (primary N) is 3. The maximum absolute atomic E-state index is 12.4. The number of ether oxygens (including phenoxy) is 4. The molecule has 4 aromatic rings. The number of carbonyl (C=O) groups is 4. The van der Waals surface area contributed by atoms with Crippen LogP contribution < -0.4 is 32.0 Å². The first-order chi connectivity index (χ1) is 29.4. The van der Waals surface area contributed by atoms with Crippen molar-refractivity contribution in [3.8, 4) is 0 Å². The van der Waals surface area contributed by atoms with Gasteiger partial charge in [-0.05, 0) is 55.6 Å². The molecule has 0 atom stereocenters. The van der Waals surface area contributed by atoms with Crippen LogP contribution in [0.15, 0.2) is 79.7 Å². The van der Waals surface area contributed by atoms with E-state index in [2.05, 4.69) is 20.7 Å². The molecule has 2 aromatic carbocycles. The molecule has 0 spiro atoms. The van der Waals surface area contributed by atoms with E-state index in [4.69, 9.17) is 65.0 Å². The third-order valence-electron chi connectivity index (χ3n) is 7.01. The lowest BCUT2D eigenvalue weighted by molar-refractivity contribution is -0.153. The van der Waals surface area contributed by atoms with Gasteiger partial charge in [-0.1, -0.05) is 59.3 Å². The molecule has 0 radical (unpaired) electrons. The molecule has 0 bridgehead atoms. The van der Waals surface area contributed by atoms with E-state index in [1.54, 1.807) is 38.2 Å². The second kappa shape index (κ2) is 29.2. The number of furan rings is 2. The van der Waals surface area contributed by atoms with Gasteiger partial charge in [0.2, 0.25) is 33.6 Å². The van der Waals surface area contributed by atoms with Crippen LogP contribution in [0.25, 0.3) is 0 Å². The lowest BCUT2D eigenvalue weighted by Gasteiger charge is -2.14. The van der Waals surface area contributed by atoms with Gasteiger partial charge in [0.25, 0.3) is 0 Å². The minimum absolute atomic E-state index is 0. The Morgan fingerprint density at radius 3 is 1.45 bits per heavy atom. The summed E-state index contributed by atoms with van der Waals surface area (Å²) < 4.78 is 88.4. The summed E-state index contributed by atoms with van der Waals surface area (Å²) in [6, 6.07) is 11.2. The maximum Gasteiger partial charge on any atom is 0.343 e. The number of rotatable bonds is 19. The van der Waals surface area contributed by atoms with Gasteiger partial charge in [0.15, 0.2) is 0 Å². The smallest absolute Gasteiger partial charge is 0.343 e. The summed E-state index contributed by atoms with van der Waals surface area (Å²) in [5.74, 6) is -1.98. The standard InChI is InChI=1S/C17H20ClN3O7S.C16H18ClN3O7S.C2H6.3CH4/c1-20-5-4-16(22)27-10-28-17(23)12-7-15(29(19,24)25)13(18)8-14(12)21-9-11-3-2-6-26-11;17-12-7-13(20-8-10-2-1-5-25-10)11(6-14(12)28(19,23)24)16(22)27-9-26-15(21)3-4-18;1-2;;;/h2-3,6-8,20-21H,4-5,9-10H2,1H3,(H2,19,24,25);1-2,5-7,20H,3-4,8-9,18H2,(H2,19,23,24);1-2H3;3*1H4/i;;1D;1T;;. The third-order valence-corrected chi connectivity index (χ3v) is 9.76. The van der Waals surface area contributed by atoms with Crippen LogP contribution in [0.5, 0.6) is 0 Å². The highest BCUT2D eigenvalue weighted by atomic mass is 35.5. The molecule has 0 unspecified atom stereocenters. The van der Waals surface area contributed by atoms with E-state index in [9.17, 15) is 36.0 Å². The van der Waals surface area contributed by atoms with Gasteiger partial charge in [0.05, 0.1) is 71.0 Å². The Hall–Kier alpha value is -5.20. The lowest BCUT2D eigenvalue weighted by Crippen LogP contribution is -2.19. The lowest BCUT2D eigenvalue weighted by atomic mass is 10.1. The number of carbonyl (C=O) groups excluding carboxylic acids is 4. The van der Waals surface area contributed by atoms with Gasteiger partial charge in [-0.15, -0.1) is 0 Å². The van der Waals surface area contributed by atoms with Gasteiger partial charge in [0, 0.05) is 15.8 Å². The van der Waals surface area contributed by atoms with Crippen LogP contribution in [0.4, 0.5) is 11.4 Å². The fraction of sp³-hybridized carbons (Fsp3) is 0.368. The van der Waals surface area contributed by atoms with E-state index in [0.717, 1.165) is 12.1 Å². The zero-order valence-corrected chi connectivity index (χ0v) is 35.8. The third kappa shape index (κ3) is 19.7. The van der Waals surface area contributed by atoms with Crippen molar-refractivity contribution in [3.05, 3.63) is 93.7 Å². The summed E-state index contributed by atoms with van der Waals surface area (Å²) in [5, 5.41) is 18.5. The number of benzene rings is 2. The quantitative estimate of drug-likeness (QED) is 0.0492. The molecule has 4 rings (SSSR count). The van der Waals surface area contributed by atoms with E-state index in [-0.39, 0.29) is 79.9 Å². The van der Waals surface area contributed by atoms with E-state index in [0.29, 0.717) is 25.0 Å². The van der Waals surface area contributed by atoms with Crippen LogP contribution in [-0.2, 0) is 61.7 Å². The average Bonchev–Trinajstić information content (AvgIpc) is 3.94. The molecule has 0 aliphatic carbocycles. The van der Waals surface area contributed by atoms with Crippen molar-refractivity contribution in [1.82, 2.24) is 5.32 Å². The Kier molecular flexibility index (Phi) is 25.8. The first-order valence-corrected chi connectivity index (χ1v) is 20.8. The fourth-order valence-corrected chi connectivity index (χ4v) is 6.50. The number of esters is 4. The molecule has 0 saturated carbocycles. The molecule has 2 aromatic heterocycles. The Balaban J connectivity index is 0. The number of hydrogen-bond acceptors (Lipinski definition) is 18. The predicted molar refractivity (Wildman–Crippen MR) is 234 cm³/mol. The molecular weight excluding hydrogens is 899 g/mol. The first kappa shape index (κ1) is 54.8. The monoisotopic (exact) mass is 957 g/mol. The fourth-order valence-electron chi connectivity index (χ4n) is 4.31. The number of anilines is 2. The summed E-state index contributed by atoms with van der Waals surface area (Å²) in [6.07, 6.45) is 3.01. The molecule has 0 saturated heterocycles. The van der Waals surface area contributed by atoms with E-state index in [1.807, 2.05) is 0 Å². The summed E-state index contributed by atoms with van der Waals surface area (Å²) in [7, 11) is -5.45. The molecule has 0 aliphatic rings. The molecule has 62 heavy (non-hydrogen) atoms. The molecule has 348 valence electrons. The molecule has 0 fully saturated rings. The van der Waals surface area contributed by atoms with Crippen LogP contribution in [0.1, 0.15) is 83.9 Å². The maximum atomic E-state index is 12.4. The van der Waals surface area contributed by atoms with Gasteiger partial charge >= 0.3 is 23.9 Å². The highest BCUT2D eigenvalue weighted by Gasteiger charge is 2.24. The number of sulfonamides is 2. The molecule has 2 heterocycles. The molecule has 0 amide bonds. The van der Waals surface area contributed by atoms with Crippen molar-refractivity contribution in [1.29, 1.82) is 0 Å². The van der Waals surface area contributed by atoms with Gasteiger partial charge in [-0.25, -0.2) is 36.7 Å². The van der Waals surface area contributed by atoms with Crippen molar-refractivity contribution >= 4 is 78.5 Å². The van der Waals surface area contributed by atoms with Gasteiger partial charge in [-0.3, -0.25) is 9.59 Å². The highest BCUT2D eigenvalue weighted by molar-refractivity contribution is 7.89. The minimum atomic E-state index is -4.19. The van der Waals surface area contributed by atoms with Gasteiger partial charge in [0.1, 0.15) is 21.3 Å². The number of nitrogens with one attached hydrogen (secondary N) is 3. The SMILES string of the molecule is C.C.CNCCC(=O)OCOC(=O)c1cc(S(N)(=O)=O)c(Cl)cc1NCc1ccco1.NCCC(=O)OCOC(=O)c1cc(S(N)(=O)=O)c(Cl)cc1NCc1ccco1.[2H]CC.[3H]C. The average molecular weight is 959 g/mol. The van der Waals surface area contributed by atoms with Crippen LogP contribution in [0.2, 0.25) is 10.0 Å². The molecule has 20 nitrogen and oxygen atoms in total. The van der Waals surface area contributed by atoms with Crippen molar-refractivity contribution in [2.24, 2.45) is 16.0 Å². The predicted octanol–water partition coefficient (Wildman–Crippen LogP) is 5.59. The molecule has 9 N–H and O–H groups in total. The number of hydrogen-bond donors (Lipinski definition) is 6. The Bertz CT molecular complexity index is 2250. The van der Waals surface area contributed by atoms with Crippen molar-refractivity contribution < 1.29 is 66.5 Å². The summed E-state index contributed by atoms with van der Waals surface area (Å²) in [6.45, 7) is 1.86. The van der Waals surface area contributed by atoms with Crippen molar-refractivity contribution in [3.63, 3.8) is 0 Å². The summed E-state index contributed by atoms with van der Waals surface area (Å²) in [5.41, 5.74) is 5.24. The number of halogens is 2. The van der Waals surface area contributed by atoms with Crippen molar-refractivity contribution in [2.75, 3.05) is 44.4 Å².